The Labute approximate surface area is 120 Å². The minimum Gasteiger partial charge on any atom is -0.294 e. The monoisotopic (exact) mass is 287 g/mol. The summed E-state index contributed by atoms with van der Waals surface area (Å²) >= 11 is 0. The van der Waals surface area contributed by atoms with E-state index in [9.17, 15) is 19.7 Å². The van der Waals surface area contributed by atoms with E-state index in [1.165, 1.54) is 7.05 Å². The molecule has 1 heterocycles. The van der Waals surface area contributed by atoms with E-state index in [4.69, 9.17) is 0 Å². The summed E-state index contributed by atoms with van der Waals surface area (Å²) in [5, 5.41) is 15.2. The molecule has 1 aromatic carbocycles. The average molecular weight is 287 g/mol. The molecular weight excluding hydrogens is 274 g/mol. The normalized spacial score (nSPS) is 10.4. The molecule has 108 valence electrons. The number of aromatic nitrogens is 2. The van der Waals surface area contributed by atoms with E-state index < -0.39 is 22.0 Å². The van der Waals surface area contributed by atoms with Gasteiger partial charge < -0.3 is 0 Å². The van der Waals surface area contributed by atoms with E-state index in [0.29, 0.717) is 5.56 Å². The van der Waals surface area contributed by atoms with Crippen LogP contribution in [0.2, 0.25) is 0 Å². The SMILES string of the molecule is CCC(=O)c1c(-c2ccccc2)nn(C)c(=O)c1[N+](=O)[O-]. The van der Waals surface area contributed by atoms with E-state index in [1.807, 2.05) is 0 Å². The van der Waals surface area contributed by atoms with Crippen molar-refractivity contribution in [3.8, 4) is 11.3 Å². The van der Waals surface area contributed by atoms with E-state index >= 15 is 0 Å². The van der Waals surface area contributed by atoms with Crippen LogP contribution < -0.4 is 5.56 Å². The van der Waals surface area contributed by atoms with Crippen molar-refractivity contribution >= 4 is 11.5 Å². The molecule has 0 saturated heterocycles. The number of hydrogen-bond acceptors (Lipinski definition) is 5. The molecule has 21 heavy (non-hydrogen) atoms. The molecule has 0 aliphatic carbocycles. The Bertz CT molecular complexity index is 766. The number of nitrogens with zero attached hydrogens (tertiary/aromatic N) is 3. The van der Waals surface area contributed by atoms with Gasteiger partial charge in [-0.05, 0) is 0 Å². The molecule has 0 aliphatic heterocycles. The molecule has 0 saturated carbocycles. The van der Waals surface area contributed by atoms with Crippen LogP contribution in [0.3, 0.4) is 0 Å². The van der Waals surface area contributed by atoms with Crippen molar-refractivity contribution < 1.29 is 9.72 Å². The predicted molar refractivity (Wildman–Crippen MR) is 76.2 cm³/mol. The Morgan fingerprint density at radius 1 is 1.33 bits per heavy atom. The zero-order valence-electron chi connectivity index (χ0n) is 11.6. The summed E-state index contributed by atoms with van der Waals surface area (Å²) in [5.41, 5.74) is -1.14. The van der Waals surface area contributed by atoms with Crippen LogP contribution in [0.4, 0.5) is 5.69 Å². The fraction of sp³-hybridized carbons (Fsp3) is 0.214. The minimum atomic E-state index is -0.892. The van der Waals surface area contributed by atoms with Crippen LogP contribution in [-0.2, 0) is 7.05 Å². The Morgan fingerprint density at radius 3 is 2.48 bits per heavy atom. The molecule has 1 aromatic heterocycles. The number of ketones is 1. The highest BCUT2D eigenvalue weighted by Crippen LogP contribution is 2.27. The largest absolute Gasteiger partial charge is 0.348 e. The van der Waals surface area contributed by atoms with Crippen LogP contribution in [0.1, 0.15) is 23.7 Å². The lowest BCUT2D eigenvalue weighted by molar-refractivity contribution is -0.386. The second-order valence-corrected chi connectivity index (χ2v) is 4.40. The third kappa shape index (κ3) is 2.58. The van der Waals surface area contributed by atoms with Gasteiger partial charge in [0.15, 0.2) is 5.78 Å². The van der Waals surface area contributed by atoms with Gasteiger partial charge in [-0.15, -0.1) is 0 Å². The van der Waals surface area contributed by atoms with Crippen molar-refractivity contribution in [1.82, 2.24) is 9.78 Å². The van der Waals surface area contributed by atoms with Crippen LogP contribution in [0, 0.1) is 10.1 Å². The molecule has 2 rings (SSSR count). The predicted octanol–water partition coefficient (Wildman–Crippen LogP) is 1.95. The molecule has 7 nitrogen and oxygen atoms in total. The van der Waals surface area contributed by atoms with E-state index in [0.717, 1.165) is 4.68 Å². The van der Waals surface area contributed by atoms with Gasteiger partial charge in [-0.3, -0.25) is 19.7 Å². The van der Waals surface area contributed by atoms with Crippen LogP contribution in [0.5, 0.6) is 0 Å². The summed E-state index contributed by atoms with van der Waals surface area (Å²) in [6, 6.07) is 8.61. The Balaban J connectivity index is 2.91. The molecular formula is C14H13N3O4. The number of rotatable bonds is 4. The van der Waals surface area contributed by atoms with Gasteiger partial charge in [-0.25, -0.2) is 4.68 Å². The van der Waals surface area contributed by atoms with Gasteiger partial charge in [-0.2, -0.15) is 5.10 Å². The first kappa shape index (κ1) is 14.6. The molecule has 0 amide bonds. The van der Waals surface area contributed by atoms with Gasteiger partial charge in [0.1, 0.15) is 11.3 Å². The van der Waals surface area contributed by atoms with Gasteiger partial charge in [0, 0.05) is 19.0 Å². The summed E-state index contributed by atoms with van der Waals surface area (Å²) in [5.74, 6) is -0.481. The lowest BCUT2D eigenvalue weighted by Gasteiger charge is -2.09. The first-order chi connectivity index (χ1) is 9.97. The Morgan fingerprint density at radius 2 is 1.95 bits per heavy atom. The van der Waals surface area contributed by atoms with Gasteiger partial charge >= 0.3 is 11.2 Å². The Hall–Kier alpha value is -2.83. The first-order valence-electron chi connectivity index (χ1n) is 6.31. The van der Waals surface area contributed by atoms with E-state index in [-0.39, 0.29) is 17.7 Å². The number of benzene rings is 1. The number of carbonyl (C=O) groups is 1. The van der Waals surface area contributed by atoms with Crippen molar-refractivity contribution in [3.05, 3.63) is 56.4 Å². The quantitative estimate of drug-likeness (QED) is 0.486. The summed E-state index contributed by atoms with van der Waals surface area (Å²) in [4.78, 5) is 34.4. The van der Waals surface area contributed by atoms with Gasteiger partial charge in [0.2, 0.25) is 0 Å². The summed E-state index contributed by atoms with van der Waals surface area (Å²) < 4.78 is 0.882. The van der Waals surface area contributed by atoms with Gasteiger partial charge in [0.25, 0.3) is 0 Å². The van der Waals surface area contributed by atoms with E-state index in [2.05, 4.69) is 5.10 Å². The van der Waals surface area contributed by atoms with Gasteiger partial charge in [-0.1, -0.05) is 37.3 Å². The van der Waals surface area contributed by atoms with Gasteiger partial charge in [0.05, 0.1) is 4.92 Å². The summed E-state index contributed by atoms with van der Waals surface area (Å²) in [6.07, 6.45) is 0.0511. The van der Waals surface area contributed by atoms with Crippen LogP contribution in [0.25, 0.3) is 11.3 Å². The fourth-order valence-corrected chi connectivity index (χ4v) is 2.03. The molecule has 0 unspecified atom stereocenters. The zero-order chi connectivity index (χ0) is 15.6. The average Bonchev–Trinajstić information content (AvgIpc) is 2.49. The standard InChI is InChI=1S/C14H13N3O4/c1-3-10(18)11-12(9-7-5-4-6-8-9)15-16(2)14(19)13(11)17(20)21/h4-8H,3H2,1-2H3. The maximum absolute atomic E-state index is 12.1. The number of nitro groups is 1. The molecule has 0 aliphatic rings. The minimum absolute atomic E-state index is 0.0511. The zero-order valence-corrected chi connectivity index (χ0v) is 11.6. The maximum atomic E-state index is 12.1. The number of aryl methyl sites for hydroxylation is 1. The summed E-state index contributed by atoms with van der Waals surface area (Å²) in [7, 11) is 1.32. The van der Waals surface area contributed by atoms with Crippen LogP contribution in [-0.4, -0.2) is 20.5 Å². The highest BCUT2D eigenvalue weighted by molar-refractivity contribution is 6.04. The highest BCUT2D eigenvalue weighted by atomic mass is 16.6. The van der Waals surface area contributed by atoms with Crippen LogP contribution >= 0.6 is 0 Å². The number of hydrogen-bond donors (Lipinski definition) is 0. The lowest BCUT2D eigenvalue weighted by Crippen LogP contribution is -2.26. The molecule has 2 aromatic rings. The molecule has 0 fully saturated rings. The highest BCUT2D eigenvalue weighted by Gasteiger charge is 2.30. The number of Topliss-reactive ketones (excluding diaryl/α,β-unsaturated/α-hetero) is 1. The maximum Gasteiger partial charge on any atom is 0.348 e. The third-order valence-electron chi connectivity index (χ3n) is 3.05. The fourth-order valence-electron chi connectivity index (χ4n) is 2.03. The molecule has 0 spiro atoms. The molecule has 0 atom stereocenters. The lowest BCUT2D eigenvalue weighted by atomic mass is 10.0. The molecule has 0 bridgehead atoms. The number of carbonyl (C=O) groups excluding carboxylic acids is 1. The molecule has 0 N–H and O–H groups in total. The van der Waals surface area contributed by atoms with Crippen molar-refractivity contribution in [2.75, 3.05) is 0 Å². The molecule has 7 heteroatoms. The van der Waals surface area contributed by atoms with E-state index in [1.54, 1.807) is 37.3 Å². The van der Waals surface area contributed by atoms with Crippen LogP contribution in [0.15, 0.2) is 35.1 Å². The van der Waals surface area contributed by atoms with Crippen molar-refractivity contribution in [3.63, 3.8) is 0 Å². The smallest absolute Gasteiger partial charge is 0.294 e. The van der Waals surface area contributed by atoms with Crippen molar-refractivity contribution in [1.29, 1.82) is 0 Å². The van der Waals surface area contributed by atoms with Crippen molar-refractivity contribution in [2.45, 2.75) is 13.3 Å². The second-order valence-electron chi connectivity index (χ2n) is 4.40. The third-order valence-corrected chi connectivity index (χ3v) is 3.05. The first-order valence-corrected chi connectivity index (χ1v) is 6.31. The summed E-state index contributed by atoms with van der Waals surface area (Å²) in [6.45, 7) is 1.58. The van der Waals surface area contributed by atoms with Crippen molar-refractivity contribution in [2.24, 2.45) is 7.05 Å². The Kier molecular flexibility index (Phi) is 3.93. The topological polar surface area (TPSA) is 95.1 Å². The molecule has 0 radical (unpaired) electrons. The second kappa shape index (κ2) is 5.66.